The fraction of sp³-hybridized carbons (Fsp3) is 0.333. The van der Waals surface area contributed by atoms with E-state index in [-0.39, 0.29) is 11.8 Å². The van der Waals surface area contributed by atoms with Gasteiger partial charge in [-0.05, 0) is 31.0 Å². The van der Waals surface area contributed by atoms with Crippen molar-refractivity contribution in [1.29, 1.82) is 0 Å². The molecule has 4 N–H and O–H groups in total. The Kier molecular flexibility index (Phi) is 2.75. The van der Waals surface area contributed by atoms with Crippen LogP contribution in [0.5, 0.6) is 0 Å². The summed E-state index contributed by atoms with van der Waals surface area (Å²) in [5.74, 6) is -0.490. The van der Waals surface area contributed by atoms with Crippen LogP contribution in [0.15, 0.2) is 12.1 Å². The standard InChI is InChI=1S/C12H15N3O2/c1-3-9-12(17)15-10-7(11(16)14-9)4-6(2)5-8(10)13/h4-5,9H,3,13H2,1-2H3,(H,14,16)(H,15,17). The van der Waals surface area contributed by atoms with E-state index in [2.05, 4.69) is 10.6 Å². The zero-order chi connectivity index (χ0) is 12.6. The van der Waals surface area contributed by atoms with Crippen LogP contribution in [0.2, 0.25) is 0 Å². The van der Waals surface area contributed by atoms with E-state index in [1.54, 1.807) is 12.1 Å². The normalized spacial score (nSPS) is 19.1. The molecule has 1 heterocycles. The average Bonchev–Trinajstić information content (AvgIpc) is 2.38. The van der Waals surface area contributed by atoms with E-state index in [1.165, 1.54) is 0 Å². The molecule has 0 radical (unpaired) electrons. The molecular formula is C12H15N3O2. The van der Waals surface area contributed by atoms with Gasteiger partial charge in [0.05, 0.1) is 16.9 Å². The molecule has 2 amide bonds. The SMILES string of the molecule is CCC1NC(=O)c2cc(C)cc(N)c2NC1=O. The zero-order valence-corrected chi connectivity index (χ0v) is 9.83. The lowest BCUT2D eigenvalue weighted by molar-refractivity contribution is -0.117. The molecule has 90 valence electrons. The van der Waals surface area contributed by atoms with Crippen molar-refractivity contribution in [2.24, 2.45) is 0 Å². The lowest BCUT2D eigenvalue weighted by Gasteiger charge is -2.11. The lowest BCUT2D eigenvalue weighted by atomic mass is 10.1. The minimum atomic E-state index is -0.505. The first kappa shape index (κ1) is 11.4. The van der Waals surface area contributed by atoms with Crippen molar-refractivity contribution in [3.8, 4) is 0 Å². The molecule has 0 spiro atoms. The number of hydrogen-bond donors (Lipinski definition) is 3. The van der Waals surface area contributed by atoms with Gasteiger partial charge in [0.25, 0.3) is 5.91 Å². The summed E-state index contributed by atoms with van der Waals surface area (Å²) >= 11 is 0. The van der Waals surface area contributed by atoms with Gasteiger partial charge in [-0.15, -0.1) is 0 Å². The van der Waals surface area contributed by atoms with E-state index >= 15 is 0 Å². The predicted molar refractivity (Wildman–Crippen MR) is 65.8 cm³/mol. The molecule has 0 saturated carbocycles. The number of amides is 2. The Morgan fingerprint density at radius 1 is 1.35 bits per heavy atom. The van der Waals surface area contributed by atoms with Crippen LogP contribution < -0.4 is 16.4 Å². The molecule has 17 heavy (non-hydrogen) atoms. The molecule has 1 atom stereocenters. The number of nitrogens with one attached hydrogen (secondary N) is 2. The molecule has 0 saturated heterocycles. The molecule has 2 rings (SSSR count). The molecule has 1 aliphatic rings. The first-order valence-corrected chi connectivity index (χ1v) is 5.54. The Hall–Kier alpha value is -2.04. The highest BCUT2D eigenvalue weighted by Crippen LogP contribution is 2.27. The van der Waals surface area contributed by atoms with Crippen LogP contribution in [-0.2, 0) is 4.79 Å². The molecule has 0 bridgehead atoms. The van der Waals surface area contributed by atoms with Crippen molar-refractivity contribution < 1.29 is 9.59 Å². The number of carbonyl (C=O) groups is 2. The van der Waals surface area contributed by atoms with Crippen molar-refractivity contribution >= 4 is 23.2 Å². The van der Waals surface area contributed by atoms with Crippen LogP contribution in [0.3, 0.4) is 0 Å². The van der Waals surface area contributed by atoms with Crippen LogP contribution >= 0.6 is 0 Å². The maximum atomic E-state index is 12.0. The Morgan fingerprint density at radius 2 is 2.06 bits per heavy atom. The monoisotopic (exact) mass is 233 g/mol. The van der Waals surface area contributed by atoms with Gasteiger partial charge in [-0.2, -0.15) is 0 Å². The molecule has 5 nitrogen and oxygen atoms in total. The quantitative estimate of drug-likeness (QED) is 0.633. The highest BCUT2D eigenvalue weighted by atomic mass is 16.2. The highest BCUT2D eigenvalue weighted by molar-refractivity contribution is 6.12. The van der Waals surface area contributed by atoms with Crippen molar-refractivity contribution in [3.05, 3.63) is 23.3 Å². The number of rotatable bonds is 1. The lowest BCUT2D eigenvalue weighted by Crippen LogP contribution is -2.40. The summed E-state index contributed by atoms with van der Waals surface area (Å²) in [5.41, 5.74) is 7.97. The van der Waals surface area contributed by atoms with Crippen molar-refractivity contribution in [3.63, 3.8) is 0 Å². The third kappa shape index (κ3) is 1.95. The van der Waals surface area contributed by atoms with Crippen molar-refractivity contribution in [2.45, 2.75) is 26.3 Å². The summed E-state index contributed by atoms with van der Waals surface area (Å²) in [7, 11) is 0. The minimum absolute atomic E-state index is 0.227. The number of benzene rings is 1. The Balaban J connectivity index is 2.53. The summed E-state index contributed by atoms with van der Waals surface area (Å²) in [4.78, 5) is 23.8. The third-order valence-electron chi connectivity index (χ3n) is 2.84. The smallest absolute Gasteiger partial charge is 0.254 e. The number of aryl methyl sites for hydroxylation is 1. The van der Waals surface area contributed by atoms with Gasteiger partial charge in [-0.1, -0.05) is 6.92 Å². The molecule has 1 unspecified atom stereocenters. The second kappa shape index (κ2) is 4.08. The number of carbonyl (C=O) groups excluding carboxylic acids is 2. The van der Waals surface area contributed by atoms with Gasteiger partial charge < -0.3 is 16.4 Å². The van der Waals surface area contributed by atoms with Gasteiger partial charge in [0.2, 0.25) is 5.91 Å². The summed E-state index contributed by atoms with van der Waals surface area (Å²) in [6, 6.07) is 2.95. The molecule has 0 aliphatic carbocycles. The maximum Gasteiger partial charge on any atom is 0.254 e. The van der Waals surface area contributed by atoms with Crippen LogP contribution in [0, 0.1) is 6.92 Å². The predicted octanol–water partition coefficient (Wildman–Crippen LogP) is 1.04. The Bertz CT molecular complexity index is 497. The van der Waals surface area contributed by atoms with Gasteiger partial charge in [0.1, 0.15) is 6.04 Å². The van der Waals surface area contributed by atoms with E-state index in [0.717, 1.165) is 5.56 Å². The van der Waals surface area contributed by atoms with Crippen LogP contribution in [0.4, 0.5) is 11.4 Å². The van der Waals surface area contributed by atoms with Gasteiger partial charge in [-0.3, -0.25) is 9.59 Å². The van der Waals surface area contributed by atoms with Crippen molar-refractivity contribution in [1.82, 2.24) is 5.32 Å². The second-order valence-corrected chi connectivity index (χ2v) is 4.20. The first-order chi connectivity index (χ1) is 8.02. The van der Waals surface area contributed by atoms with Crippen LogP contribution in [0.1, 0.15) is 29.3 Å². The largest absolute Gasteiger partial charge is 0.397 e. The number of nitrogen functional groups attached to an aromatic ring is 1. The summed E-state index contributed by atoms with van der Waals surface area (Å²) in [5, 5.41) is 5.38. The van der Waals surface area contributed by atoms with E-state index in [4.69, 9.17) is 5.73 Å². The van der Waals surface area contributed by atoms with Gasteiger partial charge >= 0.3 is 0 Å². The third-order valence-corrected chi connectivity index (χ3v) is 2.84. The van der Waals surface area contributed by atoms with E-state index in [9.17, 15) is 9.59 Å². The van der Waals surface area contributed by atoms with Crippen LogP contribution in [-0.4, -0.2) is 17.9 Å². The van der Waals surface area contributed by atoms with E-state index < -0.39 is 6.04 Å². The van der Waals surface area contributed by atoms with Crippen LogP contribution in [0.25, 0.3) is 0 Å². The second-order valence-electron chi connectivity index (χ2n) is 4.20. The van der Waals surface area contributed by atoms with Gasteiger partial charge in [0, 0.05) is 0 Å². The summed E-state index contributed by atoms with van der Waals surface area (Å²) in [6.07, 6.45) is 0.546. The Labute approximate surface area is 99.4 Å². The molecular weight excluding hydrogens is 218 g/mol. The summed E-state index contributed by atoms with van der Waals surface area (Å²) in [6.45, 7) is 3.70. The van der Waals surface area contributed by atoms with E-state index in [0.29, 0.717) is 23.4 Å². The fourth-order valence-electron chi connectivity index (χ4n) is 1.93. The van der Waals surface area contributed by atoms with Gasteiger partial charge in [-0.25, -0.2) is 0 Å². The first-order valence-electron chi connectivity index (χ1n) is 5.54. The number of hydrogen-bond acceptors (Lipinski definition) is 3. The van der Waals surface area contributed by atoms with Gasteiger partial charge in [0.15, 0.2) is 0 Å². The maximum absolute atomic E-state index is 12.0. The molecule has 0 aromatic heterocycles. The zero-order valence-electron chi connectivity index (χ0n) is 9.83. The molecule has 1 aromatic rings. The minimum Gasteiger partial charge on any atom is -0.397 e. The summed E-state index contributed by atoms with van der Waals surface area (Å²) < 4.78 is 0. The fourth-order valence-corrected chi connectivity index (χ4v) is 1.93. The molecule has 1 aromatic carbocycles. The Morgan fingerprint density at radius 3 is 2.71 bits per heavy atom. The van der Waals surface area contributed by atoms with E-state index in [1.807, 2.05) is 13.8 Å². The molecule has 1 aliphatic heterocycles. The number of nitrogens with two attached hydrogens (primary N) is 1. The van der Waals surface area contributed by atoms with Crippen molar-refractivity contribution in [2.75, 3.05) is 11.1 Å². The number of anilines is 2. The average molecular weight is 233 g/mol. The highest BCUT2D eigenvalue weighted by Gasteiger charge is 2.27. The number of fused-ring (bicyclic) bond motifs is 1. The topological polar surface area (TPSA) is 84.2 Å². The molecule has 5 heteroatoms. The molecule has 0 fully saturated rings.